The zero-order valence-electron chi connectivity index (χ0n) is 12.2. The van der Waals surface area contributed by atoms with Gasteiger partial charge in [-0.05, 0) is 39.9 Å². The van der Waals surface area contributed by atoms with E-state index in [2.05, 4.69) is 37.4 Å². The number of hydrogen-bond donors (Lipinski definition) is 1. The van der Waals surface area contributed by atoms with Crippen LogP contribution in [0.2, 0.25) is 0 Å². The molecular formula is C14H25N3S. The van der Waals surface area contributed by atoms with Gasteiger partial charge in [0.15, 0.2) is 0 Å². The molecular weight excluding hydrogens is 242 g/mol. The zero-order valence-corrected chi connectivity index (χ0v) is 13.0. The van der Waals surface area contributed by atoms with Gasteiger partial charge < -0.3 is 5.32 Å². The van der Waals surface area contributed by atoms with Crippen molar-refractivity contribution in [3.05, 3.63) is 17.0 Å². The highest BCUT2D eigenvalue weighted by atomic mass is 32.2. The summed E-state index contributed by atoms with van der Waals surface area (Å²) in [4.78, 5) is 0. The van der Waals surface area contributed by atoms with Crippen LogP contribution in [0.15, 0.2) is 0 Å². The molecule has 1 aromatic rings. The molecule has 0 aliphatic heterocycles. The maximum Gasteiger partial charge on any atom is 0.0644 e. The molecule has 0 radical (unpaired) electrons. The maximum atomic E-state index is 4.50. The van der Waals surface area contributed by atoms with Gasteiger partial charge in [-0.25, -0.2) is 0 Å². The van der Waals surface area contributed by atoms with E-state index in [1.807, 2.05) is 23.5 Å². The fourth-order valence-corrected chi connectivity index (χ4v) is 3.81. The van der Waals surface area contributed by atoms with Crippen LogP contribution >= 0.6 is 11.8 Å². The summed E-state index contributed by atoms with van der Waals surface area (Å²) in [5.74, 6) is 0. The molecule has 0 spiro atoms. The quantitative estimate of drug-likeness (QED) is 0.889. The molecule has 1 heterocycles. The first-order valence-electron chi connectivity index (χ1n) is 6.78. The first-order chi connectivity index (χ1) is 8.49. The average Bonchev–Trinajstić information content (AvgIpc) is 2.52. The number of aryl methyl sites for hydroxylation is 2. The predicted octanol–water partition coefficient (Wildman–Crippen LogP) is 2.97. The standard InChI is InChI=1S/C14H25N3S/c1-10(13-11(2)16-17(4)12(13)3)15-9-14(18-5)7-6-8-14/h10,15H,6-9H2,1-5H3. The highest BCUT2D eigenvalue weighted by Gasteiger charge is 2.36. The second-order valence-corrected chi connectivity index (χ2v) is 6.83. The number of hydrogen-bond acceptors (Lipinski definition) is 3. The molecule has 3 nitrogen and oxygen atoms in total. The third kappa shape index (κ3) is 2.45. The summed E-state index contributed by atoms with van der Waals surface area (Å²) in [6.45, 7) is 7.63. The second kappa shape index (κ2) is 5.25. The Morgan fingerprint density at radius 3 is 2.50 bits per heavy atom. The minimum Gasteiger partial charge on any atom is -0.309 e. The summed E-state index contributed by atoms with van der Waals surface area (Å²) < 4.78 is 2.48. The molecule has 18 heavy (non-hydrogen) atoms. The summed E-state index contributed by atoms with van der Waals surface area (Å²) >= 11 is 2.03. The summed E-state index contributed by atoms with van der Waals surface area (Å²) in [5, 5.41) is 8.22. The van der Waals surface area contributed by atoms with E-state index in [1.165, 1.54) is 30.5 Å². The first-order valence-corrected chi connectivity index (χ1v) is 8.00. The lowest BCUT2D eigenvalue weighted by atomic mass is 9.84. The van der Waals surface area contributed by atoms with Crippen molar-refractivity contribution in [1.29, 1.82) is 0 Å². The molecule has 0 amide bonds. The van der Waals surface area contributed by atoms with Crippen LogP contribution in [-0.4, -0.2) is 27.3 Å². The van der Waals surface area contributed by atoms with Crippen LogP contribution < -0.4 is 5.32 Å². The average molecular weight is 267 g/mol. The van der Waals surface area contributed by atoms with Gasteiger partial charge in [-0.1, -0.05) is 6.42 Å². The van der Waals surface area contributed by atoms with Crippen LogP contribution in [0, 0.1) is 13.8 Å². The molecule has 1 atom stereocenters. The molecule has 0 saturated heterocycles. The first kappa shape index (κ1) is 13.9. The highest BCUT2D eigenvalue weighted by Crippen LogP contribution is 2.42. The monoisotopic (exact) mass is 267 g/mol. The molecule has 102 valence electrons. The Morgan fingerprint density at radius 2 is 2.11 bits per heavy atom. The Bertz CT molecular complexity index is 415. The van der Waals surface area contributed by atoms with Crippen LogP contribution in [0.4, 0.5) is 0 Å². The lowest BCUT2D eigenvalue weighted by molar-refractivity contribution is 0.334. The van der Waals surface area contributed by atoms with Crippen molar-refractivity contribution in [2.24, 2.45) is 7.05 Å². The zero-order chi connectivity index (χ0) is 13.3. The van der Waals surface area contributed by atoms with E-state index in [4.69, 9.17) is 0 Å². The topological polar surface area (TPSA) is 29.9 Å². The van der Waals surface area contributed by atoms with Gasteiger partial charge in [0.25, 0.3) is 0 Å². The lowest BCUT2D eigenvalue weighted by Crippen LogP contribution is -2.44. The molecule has 0 aromatic carbocycles. The molecule has 1 aliphatic rings. The molecule has 1 aromatic heterocycles. The van der Waals surface area contributed by atoms with Gasteiger partial charge >= 0.3 is 0 Å². The van der Waals surface area contributed by atoms with Crippen LogP contribution in [0.3, 0.4) is 0 Å². The van der Waals surface area contributed by atoms with Crippen LogP contribution in [0.5, 0.6) is 0 Å². The Balaban J connectivity index is 2.01. The summed E-state index contributed by atoms with van der Waals surface area (Å²) in [6.07, 6.45) is 6.35. The summed E-state index contributed by atoms with van der Waals surface area (Å²) in [5.41, 5.74) is 3.80. The van der Waals surface area contributed by atoms with E-state index >= 15 is 0 Å². The van der Waals surface area contributed by atoms with Crippen molar-refractivity contribution in [3.63, 3.8) is 0 Å². The van der Waals surface area contributed by atoms with E-state index in [0.717, 1.165) is 12.2 Å². The molecule has 1 aliphatic carbocycles. The van der Waals surface area contributed by atoms with Gasteiger partial charge in [-0.2, -0.15) is 16.9 Å². The predicted molar refractivity (Wildman–Crippen MR) is 79.2 cm³/mol. The molecule has 1 N–H and O–H groups in total. The van der Waals surface area contributed by atoms with Crippen molar-refractivity contribution in [2.45, 2.75) is 50.8 Å². The van der Waals surface area contributed by atoms with Crippen molar-refractivity contribution < 1.29 is 0 Å². The SMILES string of the molecule is CSC1(CNC(C)c2c(C)nn(C)c2C)CCC1. The third-order valence-corrected chi connectivity index (χ3v) is 5.84. The Morgan fingerprint density at radius 1 is 1.44 bits per heavy atom. The van der Waals surface area contributed by atoms with Crippen molar-refractivity contribution in [3.8, 4) is 0 Å². The van der Waals surface area contributed by atoms with Crippen LogP contribution in [0.1, 0.15) is 49.2 Å². The van der Waals surface area contributed by atoms with E-state index < -0.39 is 0 Å². The summed E-state index contributed by atoms with van der Waals surface area (Å²) in [7, 11) is 2.02. The molecule has 1 saturated carbocycles. The Labute approximate surface area is 115 Å². The van der Waals surface area contributed by atoms with Gasteiger partial charge in [-0.15, -0.1) is 0 Å². The fourth-order valence-electron chi connectivity index (χ4n) is 2.88. The lowest BCUT2D eigenvalue weighted by Gasteiger charge is -2.41. The highest BCUT2D eigenvalue weighted by molar-refractivity contribution is 8.00. The molecule has 4 heteroatoms. The van der Waals surface area contributed by atoms with Crippen LogP contribution in [-0.2, 0) is 7.05 Å². The van der Waals surface area contributed by atoms with Crippen molar-refractivity contribution in [2.75, 3.05) is 12.8 Å². The Hall–Kier alpha value is -0.480. The summed E-state index contributed by atoms with van der Waals surface area (Å²) in [6, 6.07) is 0.392. The largest absolute Gasteiger partial charge is 0.309 e. The van der Waals surface area contributed by atoms with Crippen LogP contribution in [0.25, 0.3) is 0 Å². The normalized spacial score (nSPS) is 19.6. The van der Waals surface area contributed by atoms with E-state index in [0.29, 0.717) is 10.8 Å². The van der Waals surface area contributed by atoms with Gasteiger partial charge in [-0.3, -0.25) is 4.68 Å². The van der Waals surface area contributed by atoms with Gasteiger partial charge in [0.05, 0.1) is 5.69 Å². The van der Waals surface area contributed by atoms with Gasteiger partial charge in [0.2, 0.25) is 0 Å². The van der Waals surface area contributed by atoms with Gasteiger partial charge in [0.1, 0.15) is 0 Å². The number of thioether (sulfide) groups is 1. The molecule has 0 bridgehead atoms. The van der Waals surface area contributed by atoms with E-state index in [-0.39, 0.29) is 0 Å². The van der Waals surface area contributed by atoms with E-state index in [9.17, 15) is 0 Å². The number of aromatic nitrogens is 2. The molecule has 2 rings (SSSR count). The van der Waals surface area contributed by atoms with E-state index in [1.54, 1.807) is 0 Å². The van der Waals surface area contributed by atoms with Gasteiger partial charge in [0, 0.05) is 35.6 Å². The minimum absolute atomic E-state index is 0.392. The van der Waals surface area contributed by atoms with Crippen molar-refractivity contribution in [1.82, 2.24) is 15.1 Å². The number of nitrogens with zero attached hydrogens (tertiary/aromatic N) is 2. The number of nitrogens with one attached hydrogen (secondary N) is 1. The fraction of sp³-hybridized carbons (Fsp3) is 0.786. The molecule has 1 fully saturated rings. The van der Waals surface area contributed by atoms with Crippen molar-refractivity contribution >= 4 is 11.8 Å². The smallest absolute Gasteiger partial charge is 0.0644 e. The molecule has 1 unspecified atom stereocenters. The maximum absolute atomic E-state index is 4.50. The number of rotatable bonds is 5. The third-order valence-electron chi connectivity index (χ3n) is 4.43. The second-order valence-electron chi connectivity index (χ2n) is 5.55. The Kier molecular flexibility index (Phi) is 4.07. The minimum atomic E-state index is 0.392.